The molecular formula is C19H28N4O3. The molecular weight excluding hydrogens is 332 g/mol. The average Bonchev–Trinajstić information content (AvgIpc) is 2.71. The van der Waals surface area contributed by atoms with Gasteiger partial charge in [0.05, 0.1) is 0 Å². The number of amides is 4. The first-order chi connectivity index (χ1) is 12.3. The van der Waals surface area contributed by atoms with Gasteiger partial charge in [0, 0.05) is 43.3 Å². The molecule has 7 heteroatoms. The van der Waals surface area contributed by atoms with Crippen molar-refractivity contribution < 1.29 is 14.4 Å². The van der Waals surface area contributed by atoms with Crippen molar-refractivity contribution >= 4 is 29.2 Å². The number of rotatable bonds is 4. The van der Waals surface area contributed by atoms with E-state index in [0.717, 1.165) is 5.56 Å². The molecule has 142 valence electrons. The summed E-state index contributed by atoms with van der Waals surface area (Å²) in [6.07, 6.45) is 0.740. The minimum Gasteiger partial charge on any atom is -0.354 e. The molecule has 0 aromatic heterocycles. The topological polar surface area (TPSA) is 90.5 Å². The first-order valence-corrected chi connectivity index (χ1v) is 9.01. The van der Waals surface area contributed by atoms with Crippen molar-refractivity contribution in [1.82, 2.24) is 10.2 Å². The van der Waals surface area contributed by atoms with Crippen LogP contribution in [0, 0.1) is 12.8 Å². The van der Waals surface area contributed by atoms with Crippen LogP contribution in [0.25, 0.3) is 0 Å². The Morgan fingerprint density at radius 3 is 2.73 bits per heavy atom. The predicted octanol–water partition coefficient (Wildman–Crippen LogP) is 2.72. The summed E-state index contributed by atoms with van der Waals surface area (Å²) in [5.74, 6) is 0.186. The summed E-state index contributed by atoms with van der Waals surface area (Å²) in [5.41, 5.74) is 2.20. The number of hydrogen-bond acceptors (Lipinski definition) is 3. The standard InChI is InChI=1S/C19H28N4O3/c1-12(2)9-18(25)21-15-6-5-13(3)16(10-15)22-19(26)23-8-7-17(24)20-11-14(23)4/h5-6,10,12,14H,7-9,11H2,1-4H3,(H,20,24)(H,21,25)(H,22,26)/t14-/m1/s1. The van der Waals surface area contributed by atoms with E-state index in [9.17, 15) is 14.4 Å². The first-order valence-electron chi connectivity index (χ1n) is 9.01. The van der Waals surface area contributed by atoms with Gasteiger partial charge in [-0.1, -0.05) is 19.9 Å². The third kappa shape index (κ3) is 5.47. The van der Waals surface area contributed by atoms with Crippen molar-refractivity contribution in [2.45, 2.75) is 46.6 Å². The maximum absolute atomic E-state index is 12.7. The van der Waals surface area contributed by atoms with Gasteiger partial charge in [0.25, 0.3) is 0 Å². The van der Waals surface area contributed by atoms with Crippen LogP contribution >= 0.6 is 0 Å². The van der Waals surface area contributed by atoms with Crippen LogP contribution in [-0.2, 0) is 9.59 Å². The van der Waals surface area contributed by atoms with Crippen LogP contribution in [0.2, 0.25) is 0 Å². The number of benzene rings is 1. The number of hydrogen-bond donors (Lipinski definition) is 3. The van der Waals surface area contributed by atoms with E-state index in [1.807, 2.05) is 39.8 Å². The molecule has 1 atom stereocenters. The van der Waals surface area contributed by atoms with Gasteiger partial charge in [0.15, 0.2) is 0 Å². The van der Waals surface area contributed by atoms with Crippen LogP contribution in [0.5, 0.6) is 0 Å². The van der Waals surface area contributed by atoms with Crippen molar-refractivity contribution in [3.63, 3.8) is 0 Å². The largest absolute Gasteiger partial charge is 0.354 e. The third-order valence-corrected chi connectivity index (χ3v) is 4.32. The quantitative estimate of drug-likeness (QED) is 0.771. The highest BCUT2D eigenvalue weighted by Crippen LogP contribution is 2.22. The zero-order chi connectivity index (χ0) is 19.3. The highest BCUT2D eigenvalue weighted by Gasteiger charge is 2.24. The minimum atomic E-state index is -0.247. The number of nitrogens with zero attached hydrogens (tertiary/aromatic N) is 1. The van der Waals surface area contributed by atoms with Gasteiger partial charge in [-0.15, -0.1) is 0 Å². The van der Waals surface area contributed by atoms with E-state index in [1.54, 1.807) is 11.0 Å². The molecule has 1 fully saturated rings. The molecule has 2 rings (SSSR count). The number of carbonyl (C=O) groups excluding carboxylic acids is 3. The van der Waals surface area contributed by atoms with E-state index in [2.05, 4.69) is 16.0 Å². The monoisotopic (exact) mass is 360 g/mol. The van der Waals surface area contributed by atoms with Gasteiger partial charge in [0.2, 0.25) is 11.8 Å². The first kappa shape index (κ1) is 19.8. The zero-order valence-electron chi connectivity index (χ0n) is 15.9. The summed E-state index contributed by atoms with van der Waals surface area (Å²) < 4.78 is 0. The lowest BCUT2D eigenvalue weighted by atomic mass is 10.1. The number of urea groups is 1. The molecule has 1 heterocycles. The number of aryl methyl sites for hydroxylation is 1. The second kappa shape index (κ2) is 8.69. The average molecular weight is 360 g/mol. The van der Waals surface area contributed by atoms with Crippen LogP contribution in [0.15, 0.2) is 18.2 Å². The Balaban J connectivity index is 2.08. The molecule has 0 bridgehead atoms. The Hall–Kier alpha value is -2.57. The molecule has 1 aromatic rings. The highest BCUT2D eigenvalue weighted by atomic mass is 16.2. The summed E-state index contributed by atoms with van der Waals surface area (Å²) >= 11 is 0. The molecule has 1 aliphatic rings. The molecule has 0 radical (unpaired) electrons. The smallest absolute Gasteiger partial charge is 0.322 e. The summed E-state index contributed by atoms with van der Waals surface area (Å²) in [6, 6.07) is 5.10. The fraction of sp³-hybridized carbons (Fsp3) is 0.526. The molecule has 4 amide bonds. The van der Waals surface area contributed by atoms with E-state index in [0.29, 0.717) is 37.3 Å². The zero-order valence-corrected chi connectivity index (χ0v) is 15.9. The SMILES string of the molecule is Cc1ccc(NC(=O)CC(C)C)cc1NC(=O)N1CCC(=O)NC[C@H]1C. The maximum atomic E-state index is 12.7. The van der Waals surface area contributed by atoms with Gasteiger partial charge < -0.3 is 20.9 Å². The van der Waals surface area contributed by atoms with E-state index in [1.165, 1.54) is 0 Å². The van der Waals surface area contributed by atoms with Crippen LogP contribution < -0.4 is 16.0 Å². The van der Waals surface area contributed by atoms with Crippen molar-refractivity contribution in [2.75, 3.05) is 23.7 Å². The molecule has 0 unspecified atom stereocenters. The maximum Gasteiger partial charge on any atom is 0.322 e. The van der Waals surface area contributed by atoms with Gasteiger partial charge in [-0.25, -0.2) is 4.79 Å². The van der Waals surface area contributed by atoms with Gasteiger partial charge in [-0.2, -0.15) is 0 Å². The molecule has 7 nitrogen and oxygen atoms in total. The third-order valence-electron chi connectivity index (χ3n) is 4.32. The molecule has 3 N–H and O–H groups in total. The highest BCUT2D eigenvalue weighted by molar-refractivity contribution is 5.94. The summed E-state index contributed by atoms with van der Waals surface area (Å²) in [4.78, 5) is 37.8. The number of nitrogens with one attached hydrogen (secondary N) is 3. The number of anilines is 2. The Morgan fingerprint density at radius 2 is 2.04 bits per heavy atom. The van der Waals surface area contributed by atoms with E-state index < -0.39 is 0 Å². The van der Waals surface area contributed by atoms with Gasteiger partial charge in [-0.3, -0.25) is 9.59 Å². The predicted molar refractivity (Wildman–Crippen MR) is 102 cm³/mol. The number of carbonyl (C=O) groups is 3. The Bertz CT molecular complexity index is 687. The molecule has 0 spiro atoms. The lowest BCUT2D eigenvalue weighted by Gasteiger charge is -2.27. The van der Waals surface area contributed by atoms with Crippen LogP contribution in [0.4, 0.5) is 16.2 Å². The van der Waals surface area contributed by atoms with E-state index in [4.69, 9.17) is 0 Å². The molecule has 1 aliphatic heterocycles. The second-order valence-electron chi connectivity index (χ2n) is 7.20. The Labute approximate surface area is 154 Å². The van der Waals surface area contributed by atoms with E-state index in [-0.39, 0.29) is 29.8 Å². The fourth-order valence-corrected chi connectivity index (χ4v) is 2.81. The molecule has 1 aromatic carbocycles. The van der Waals surface area contributed by atoms with Gasteiger partial charge in [0.1, 0.15) is 0 Å². The molecule has 0 aliphatic carbocycles. The lowest BCUT2D eigenvalue weighted by molar-refractivity contribution is -0.120. The Morgan fingerprint density at radius 1 is 1.31 bits per heavy atom. The summed E-state index contributed by atoms with van der Waals surface area (Å²) in [6.45, 7) is 8.59. The van der Waals surface area contributed by atoms with Crippen LogP contribution in [0.1, 0.15) is 39.2 Å². The molecule has 26 heavy (non-hydrogen) atoms. The van der Waals surface area contributed by atoms with Gasteiger partial charge in [-0.05, 0) is 37.5 Å². The fourth-order valence-electron chi connectivity index (χ4n) is 2.81. The normalized spacial score (nSPS) is 17.5. The summed E-state index contributed by atoms with van der Waals surface area (Å²) in [5, 5.41) is 8.56. The second-order valence-corrected chi connectivity index (χ2v) is 7.20. The van der Waals surface area contributed by atoms with Crippen molar-refractivity contribution in [3.8, 4) is 0 Å². The van der Waals surface area contributed by atoms with Crippen LogP contribution in [-0.4, -0.2) is 41.9 Å². The van der Waals surface area contributed by atoms with Crippen molar-refractivity contribution in [1.29, 1.82) is 0 Å². The Kier molecular flexibility index (Phi) is 6.60. The van der Waals surface area contributed by atoms with Crippen LogP contribution in [0.3, 0.4) is 0 Å². The van der Waals surface area contributed by atoms with E-state index >= 15 is 0 Å². The minimum absolute atomic E-state index is 0.0433. The summed E-state index contributed by atoms with van der Waals surface area (Å²) in [7, 11) is 0. The lowest BCUT2D eigenvalue weighted by Crippen LogP contribution is -2.44. The van der Waals surface area contributed by atoms with Gasteiger partial charge >= 0.3 is 6.03 Å². The van der Waals surface area contributed by atoms with Crippen molar-refractivity contribution in [2.24, 2.45) is 5.92 Å². The molecule has 0 saturated carbocycles. The van der Waals surface area contributed by atoms with Crippen molar-refractivity contribution in [3.05, 3.63) is 23.8 Å². The molecule has 1 saturated heterocycles.